The summed E-state index contributed by atoms with van der Waals surface area (Å²) in [6.07, 6.45) is 4.37. The average molecular weight is 394 g/mol. The first-order chi connectivity index (χ1) is 12.9. The molecule has 3 rings (SSSR count). The first-order valence-corrected chi connectivity index (χ1v) is 11.1. The normalized spacial score (nSPS) is 21.4. The smallest absolute Gasteiger partial charge is 0.253 e. The van der Waals surface area contributed by atoms with Gasteiger partial charge in [-0.15, -0.1) is 0 Å². The summed E-state index contributed by atoms with van der Waals surface area (Å²) < 4.78 is 28.1. The maximum absolute atomic E-state index is 12.8. The van der Waals surface area contributed by atoms with Gasteiger partial charge in [-0.3, -0.25) is 9.59 Å². The Kier molecular flexibility index (Phi) is 6.16. The third-order valence-electron chi connectivity index (χ3n) is 5.20. The van der Waals surface area contributed by atoms with E-state index in [-0.39, 0.29) is 23.1 Å². The van der Waals surface area contributed by atoms with E-state index in [9.17, 15) is 18.0 Å². The summed E-state index contributed by atoms with van der Waals surface area (Å²) in [5.74, 6) is -0.169. The van der Waals surface area contributed by atoms with Crippen LogP contribution in [0.4, 0.5) is 0 Å². The molecule has 2 saturated heterocycles. The highest BCUT2D eigenvalue weighted by atomic mass is 32.2. The minimum absolute atomic E-state index is 0.0460. The Morgan fingerprint density at radius 1 is 1.19 bits per heavy atom. The standard InChI is InChI=1S/C19H27N3O4S/c1-2-21-14-16(13-18(21)23)20-27(25,26)17-9-7-8-15(12-17)19(24)22-10-5-3-4-6-11-22/h7-9,12,16,20H,2-6,10-11,13-14H2,1H3. The van der Waals surface area contributed by atoms with Crippen LogP contribution in [-0.2, 0) is 14.8 Å². The lowest BCUT2D eigenvalue weighted by Gasteiger charge is -2.20. The number of amides is 2. The zero-order chi connectivity index (χ0) is 19.4. The van der Waals surface area contributed by atoms with Crippen molar-refractivity contribution in [1.82, 2.24) is 14.5 Å². The van der Waals surface area contributed by atoms with E-state index in [4.69, 9.17) is 0 Å². The van der Waals surface area contributed by atoms with Gasteiger partial charge in [-0.1, -0.05) is 18.9 Å². The first-order valence-electron chi connectivity index (χ1n) is 9.60. The molecule has 1 N–H and O–H groups in total. The highest BCUT2D eigenvalue weighted by Gasteiger charge is 2.32. The van der Waals surface area contributed by atoms with Crippen LogP contribution in [0.15, 0.2) is 29.2 Å². The maximum atomic E-state index is 12.8. The quantitative estimate of drug-likeness (QED) is 0.823. The molecular formula is C19H27N3O4S. The van der Waals surface area contributed by atoms with Crippen LogP contribution in [0.2, 0.25) is 0 Å². The van der Waals surface area contributed by atoms with Crippen molar-refractivity contribution in [3.63, 3.8) is 0 Å². The van der Waals surface area contributed by atoms with Crippen molar-refractivity contribution in [2.45, 2.75) is 50.0 Å². The van der Waals surface area contributed by atoms with Crippen LogP contribution < -0.4 is 4.72 Å². The van der Waals surface area contributed by atoms with E-state index >= 15 is 0 Å². The molecule has 0 spiro atoms. The number of carbonyl (C=O) groups excluding carboxylic acids is 2. The Bertz CT molecular complexity index is 801. The van der Waals surface area contributed by atoms with Gasteiger partial charge in [0.2, 0.25) is 15.9 Å². The van der Waals surface area contributed by atoms with Crippen LogP contribution in [0, 0.1) is 0 Å². The van der Waals surface area contributed by atoms with E-state index < -0.39 is 16.1 Å². The van der Waals surface area contributed by atoms with Crippen molar-refractivity contribution >= 4 is 21.8 Å². The van der Waals surface area contributed by atoms with Crippen molar-refractivity contribution in [3.05, 3.63) is 29.8 Å². The lowest BCUT2D eigenvalue weighted by atomic mass is 10.2. The zero-order valence-electron chi connectivity index (χ0n) is 15.7. The molecule has 1 atom stereocenters. The van der Waals surface area contributed by atoms with E-state index in [1.165, 1.54) is 12.1 Å². The first kappa shape index (κ1) is 19.8. The molecule has 148 valence electrons. The van der Waals surface area contributed by atoms with Crippen molar-refractivity contribution in [3.8, 4) is 0 Å². The van der Waals surface area contributed by atoms with Gasteiger partial charge in [-0.2, -0.15) is 0 Å². The Morgan fingerprint density at radius 2 is 1.89 bits per heavy atom. The molecule has 8 heteroatoms. The number of nitrogens with one attached hydrogen (secondary N) is 1. The van der Waals surface area contributed by atoms with Gasteiger partial charge in [0, 0.05) is 44.2 Å². The van der Waals surface area contributed by atoms with Gasteiger partial charge in [0.1, 0.15) is 0 Å². The highest BCUT2D eigenvalue weighted by Crippen LogP contribution is 2.18. The molecule has 1 aromatic carbocycles. The van der Waals surface area contributed by atoms with Crippen molar-refractivity contribution in [2.75, 3.05) is 26.2 Å². The van der Waals surface area contributed by atoms with Gasteiger partial charge in [0.15, 0.2) is 0 Å². The molecule has 0 saturated carbocycles. The molecule has 0 aromatic heterocycles. The number of likely N-dealkylation sites (N-methyl/N-ethyl adjacent to an activating group) is 1. The number of carbonyl (C=O) groups is 2. The SMILES string of the molecule is CCN1CC(NS(=O)(=O)c2cccc(C(=O)N3CCCCCC3)c2)CC1=O. The Balaban J connectivity index is 1.74. The largest absolute Gasteiger partial charge is 0.341 e. The summed E-state index contributed by atoms with van der Waals surface area (Å²) >= 11 is 0. The molecule has 2 heterocycles. The molecular weight excluding hydrogens is 366 g/mol. The van der Waals surface area contributed by atoms with Crippen LogP contribution in [0.25, 0.3) is 0 Å². The second kappa shape index (κ2) is 8.39. The Morgan fingerprint density at radius 3 is 2.52 bits per heavy atom. The summed E-state index contributed by atoms with van der Waals surface area (Å²) in [7, 11) is -3.79. The molecule has 0 bridgehead atoms. The van der Waals surface area contributed by atoms with E-state index in [2.05, 4.69) is 4.72 Å². The van der Waals surface area contributed by atoms with Crippen molar-refractivity contribution in [2.24, 2.45) is 0 Å². The number of nitrogens with zero attached hydrogens (tertiary/aromatic N) is 2. The van der Waals surface area contributed by atoms with Gasteiger partial charge < -0.3 is 9.80 Å². The monoisotopic (exact) mass is 393 g/mol. The molecule has 2 aliphatic rings. The fraction of sp³-hybridized carbons (Fsp3) is 0.579. The number of rotatable bonds is 5. The number of sulfonamides is 1. The molecule has 27 heavy (non-hydrogen) atoms. The predicted octanol–water partition coefficient (Wildman–Crippen LogP) is 1.60. The molecule has 7 nitrogen and oxygen atoms in total. The van der Waals surface area contributed by atoms with Crippen LogP contribution >= 0.6 is 0 Å². The van der Waals surface area contributed by atoms with Gasteiger partial charge in [-0.25, -0.2) is 13.1 Å². The summed E-state index contributed by atoms with van der Waals surface area (Å²) in [6, 6.07) is 5.73. The van der Waals surface area contributed by atoms with E-state index in [1.54, 1.807) is 21.9 Å². The second-order valence-corrected chi connectivity index (χ2v) is 8.90. The number of likely N-dealkylation sites (tertiary alicyclic amines) is 2. The van der Waals surface area contributed by atoms with Gasteiger partial charge in [0.25, 0.3) is 5.91 Å². The molecule has 2 aliphatic heterocycles. The van der Waals surface area contributed by atoms with Crippen molar-refractivity contribution in [1.29, 1.82) is 0 Å². The molecule has 1 unspecified atom stereocenters. The third kappa shape index (κ3) is 4.68. The summed E-state index contributed by atoms with van der Waals surface area (Å²) in [5.41, 5.74) is 0.387. The number of hydrogen-bond donors (Lipinski definition) is 1. The number of benzene rings is 1. The lowest BCUT2D eigenvalue weighted by molar-refractivity contribution is -0.127. The van der Waals surface area contributed by atoms with E-state index in [1.807, 2.05) is 6.92 Å². The lowest BCUT2D eigenvalue weighted by Crippen LogP contribution is -2.37. The third-order valence-corrected chi connectivity index (χ3v) is 6.72. The van der Waals surface area contributed by atoms with E-state index in [0.717, 1.165) is 25.7 Å². The minimum atomic E-state index is -3.79. The molecule has 2 amide bonds. The second-order valence-electron chi connectivity index (χ2n) is 7.19. The molecule has 2 fully saturated rings. The average Bonchev–Trinajstić information content (AvgIpc) is 2.85. The maximum Gasteiger partial charge on any atom is 0.253 e. The fourth-order valence-electron chi connectivity index (χ4n) is 3.70. The van der Waals surface area contributed by atoms with Crippen LogP contribution in [-0.4, -0.2) is 62.3 Å². The number of hydrogen-bond acceptors (Lipinski definition) is 4. The summed E-state index contributed by atoms with van der Waals surface area (Å²) in [4.78, 5) is 28.1. The topological polar surface area (TPSA) is 86.8 Å². The summed E-state index contributed by atoms with van der Waals surface area (Å²) in [6.45, 7) is 4.24. The molecule has 0 radical (unpaired) electrons. The van der Waals surface area contributed by atoms with Crippen LogP contribution in [0.3, 0.4) is 0 Å². The predicted molar refractivity (Wildman–Crippen MR) is 102 cm³/mol. The highest BCUT2D eigenvalue weighted by molar-refractivity contribution is 7.89. The van der Waals surface area contributed by atoms with Gasteiger partial charge in [-0.05, 0) is 38.0 Å². The van der Waals surface area contributed by atoms with Gasteiger partial charge in [0.05, 0.1) is 4.90 Å². The fourth-order valence-corrected chi connectivity index (χ4v) is 4.97. The van der Waals surface area contributed by atoms with Crippen LogP contribution in [0.5, 0.6) is 0 Å². The van der Waals surface area contributed by atoms with Gasteiger partial charge >= 0.3 is 0 Å². The van der Waals surface area contributed by atoms with Crippen LogP contribution in [0.1, 0.15) is 49.4 Å². The summed E-state index contributed by atoms with van der Waals surface area (Å²) in [5, 5.41) is 0. The van der Waals surface area contributed by atoms with Crippen molar-refractivity contribution < 1.29 is 18.0 Å². The Hall–Kier alpha value is -1.93. The molecule has 1 aromatic rings. The molecule has 0 aliphatic carbocycles. The minimum Gasteiger partial charge on any atom is -0.341 e. The zero-order valence-corrected chi connectivity index (χ0v) is 16.5. The van der Waals surface area contributed by atoms with E-state index in [0.29, 0.717) is 31.7 Å². The Labute approximate surface area is 160 Å².